The van der Waals surface area contributed by atoms with Gasteiger partial charge in [-0.25, -0.2) is 13.2 Å². The number of hydrogen-bond donors (Lipinski definition) is 0. The van der Waals surface area contributed by atoms with Crippen molar-refractivity contribution < 1.29 is 27.6 Å². The fraction of sp³-hybridized carbons (Fsp3) is 0.438. The molecule has 0 saturated heterocycles. The minimum atomic E-state index is -4.08. The van der Waals surface area contributed by atoms with Crippen LogP contribution in [0.5, 0.6) is 0 Å². The molecule has 1 amide bonds. The molecule has 0 aliphatic rings. The Hall–Kier alpha value is -2.19. The summed E-state index contributed by atoms with van der Waals surface area (Å²) in [5, 5.41) is 8.45. The van der Waals surface area contributed by atoms with Crippen LogP contribution in [-0.2, 0) is 24.4 Å². The third-order valence-corrected chi connectivity index (χ3v) is 5.77. The fourth-order valence-electron chi connectivity index (χ4n) is 1.98. The van der Waals surface area contributed by atoms with Crippen molar-refractivity contribution in [3.8, 4) is 6.07 Å². The van der Waals surface area contributed by atoms with Crippen molar-refractivity contribution in [2.45, 2.75) is 24.3 Å². The maximum absolute atomic E-state index is 12.4. The number of benzene rings is 1. The molecule has 1 aromatic carbocycles. The first-order chi connectivity index (χ1) is 12.6. The molecule has 0 aliphatic carbocycles. The summed E-state index contributed by atoms with van der Waals surface area (Å²) in [4.78, 5) is 30.0. The Kier molecular flexibility index (Phi) is 8.18. The van der Waals surface area contributed by atoms with Crippen LogP contribution in [0.2, 0.25) is 5.02 Å². The van der Waals surface area contributed by atoms with E-state index in [1.165, 1.54) is 45.2 Å². The molecule has 148 valence electrons. The van der Waals surface area contributed by atoms with Crippen LogP contribution in [0.15, 0.2) is 23.1 Å². The van der Waals surface area contributed by atoms with Crippen LogP contribution in [0.3, 0.4) is 0 Å². The highest BCUT2D eigenvalue weighted by molar-refractivity contribution is 7.89. The first kappa shape index (κ1) is 22.9. The molecule has 0 bridgehead atoms. The van der Waals surface area contributed by atoms with E-state index in [9.17, 15) is 18.0 Å². The number of esters is 1. The van der Waals surface area contributed by atoms with Gasteiger partial charge >= 0.3 is 5.97 Å². The van der Waals surface area contributed by atoms with Gasteiger partial charge in [-0.05, 0) is 25.1 Å². The average Bonchev–Trinajstić information content (AvgIpc) is 2.64. The predicted octanol–water partition coefficient (Wildman–Crippen LogP) is 1.44. The predicted molar refractivity (Wildman–Crippen MR) is 96.2 cm³/mol. The Labute approximate surface area is 163 Å². The molecule has 1 atom stereocenters. The first-order valence-corrected chi connectivity index (χ1v) is 9.53. The molecular weight excluding hydrogens is 398 g/mol. The highest BCUT2D eigenvalue weighted by Gasteiger charge is 2.27. The van der Waals surface area contributed by atoms with Gasteiger partial charge in [-0.3, -0.25) is 9.63 Å². The lowest BCUT2D eigenvalue weighted by molar-refractivity contribution is -0.138. The molecule has 0 aliphatic heterocycles. The van der Waals surface area contributed by atoms with E-state index < -0.39 is 28.0 Å². The van der Waals surface area contributed by atoms with Crippen molar-refractivity contribution in [1.82, 2.24) is 9.37 Å². The van der Waals surface area contributed by atoms with Crippen molar-refractivity contribution in [3.05, 3.63) is 28.8 Å². The second-order valence-corrected chi connectivity index (χ2v) is 7.77. The largest absolute Gasteiger partial charge is 0.449 e. The SMILES string of the molecule is CON(C)S(=O)(=O)c1cc(C(=O)O[C@H](C)C(=O)N(C)CCC#N)ccc1Cl. The lowest BCUT2D eigenvalue weighted by Crippen LogP contribution is -2.38. The summed E-state index contributed by atoms with van der Waals surface area (Å²) in [6, 6.07) is 5.48. The maximum atomic E-state index is 12.4. The van der Waals surface area contributed by atoms with E-state index in [1.54, 1.807) is 0 Å². The molecule has 27 heavy (non-hydrogen) atoms. The van der Waals surface area contributed by atoms with Gasteiger partial charge in [-0.15, -0.1) is 0 Å². The van der Waals surface area contributed by atoms with Gasteiger partial charge in [0.2, 0.25) is 0 Å². The summed E-state index contributed by atoms with van der Waals surface area (Å²) >= 11 is 5.93. The summed E-state index contributed by atoms with van der Waals surface area (Å²) in [5.41, 5.74) is -0.0956. The quantitative estimate of drug-likeness (QED) is 0.464. The van der Waals surface area contributed by atoms with E-state index in [0.29, 0.717) is 4.47 Å². The Balaban J connectivity index is 3.01. The molecule has 9 nitrogen and oxygen atoms in total. The third kappa shape index (κ3) is 5.64. The third-order valence-electron chi connectivity index (χ3n) is 3.61. The van der Waals surface area contributed by atoms with E-state index >= 15 is 0 Å². The molecule has 0 saturated carbocycles. The van der Waals surface area contributed by atoms with Gasteiger partial charge in [0.15, 0.2) is 6.10 Å². The average molecular weight is 418 g/mol. The van der Waals surface area contributed by atoms with Gasteiger partial charge in [0.25, 0.3) is 15.9 Å². The fourth-order valence-corrected chi connectivity index (χ4v) is 3.46. The van der Waals surface area contributed by atoms with E-state index in [-0.39, 0.29) is 28.4 Å². The topological polar surface area (TPSA) is 117 Å². The molecule has 0 N–H and O–H groups in total. The normalized spacial score (nSPS) is 12.3. The summed E-state index contributed by atoms with van der Waals surface area (Å²) in [5.74, 6) is -1.38. The number of carbonyl (C=O) groups is 2. The number of sulfonamides is 1. The number of rotatable bonds is 8. The van der Waals surface area contributed by atoms with Crippen LogP contribution < -0.4 is 0 Å². The molecule has 0 fully saturated rings. The Morgan fingerprint density at radius 3 is 2.52 bits per heavy atom. The smallest absolute Gasteiger partial charge is 0.338 e. The molecular formula is C16H20ClN3O6S. The number of hydroxylamine groups is 1. The Morgan fingerprint density at radius 2 is 1.96 bits per heavy atom. The van der Waals surface area contributed by atoms with Crippen LogP contribution in [0.1, 0.15) is 23.7 Å². The number of carbonyl (C=O) groups excluding carboxylic acids is 2. The number of nitrogens with zero attached hydrogens (tertiary/aromatic N) is 3. The van der Waals surface area contributed by atoms with E-state index in [2.05, 4.69) is 4.84 Å². The van der Waals surface area contributed by atoms with Gasteiger partial charge in [0, 0.05) is 20.6 Å². The number of hydrogen-bond acceptors (Lipinski definition) is 7. The van der Waals surface area contributed by atoms with Gasteiger partial charge in [-0.1, -0.05) is 16.1 Å². The zero-order valence-corrected chi connectivity index (χ0v) is 16.9. The van der Waals surface area contributed by atoms with Crippen LogP contribution >= 0.6 is 11.6 Å². The van der Waals surface area contributed by atoms with Crippen molar-refractivity contribution in [1.29, 1.82) is 5.26 Å². The van der Waals surface area contributed by atoms with Gasteiger partial charge in [0.05, 0.1) is 30.2 Å². The Bertz CT molecular complexity index is 852. The highest BCUT2D eigenvalue weighted by atomic mass is 35.5. The van der Waals surface area contributed by atoms with E-state index in [0.717, 1.165) is 6.07 Å². The molecule has 0 unspecified atom stereocenters. The van der Waals surface area contributed by atoms with Crippen molar-refractivity contribution in [3.63, 3.8) is 0 Å². The highest BCUT2D eigenvalue weighted by Crippen LogP contribution is 2.26. The maximum Gasteiger partial charge on any atom is 0.338 e. The van der Waals surface area contributed by atoms with Crippen LogP contribution in [-0.4, -0.2) is 63.5 Å². The van der Waals surface area contributed by atoms with Gasteiger partial charge in [-0.2, -0.15) is 5.26 Å². The van der Waals surface area contributed by atoms with Crippen LogP contribution in [0.4, 0.5) is 0 Å². The second-order valence-electron chi connectivity index (χ2n) is 5.46. The zero-order chi connectivity index (χ0) is 20.8. The molecule has 0 radical (unpaired) electrons. The van der Waals surface area contributed by atoms with Crippen molar-refractivity contribution >= 4 is 33.5 Å². The molecule has 11 heteroatoms. The molecule has 0 heterocycles. The summed E-state index contributed by atoms with van der Waals surface area (Å²) in [7, 11) is -0.254. The number of ether oxygens (including phenoxy) is 1. The number of nitriles is 1. The second kappa shape index (κ2) is 9.66. The van der Waals surface area contributed by atoms with Gasteiger partial charge < -0.3 is 9.64 Å². The Morgan fingerprint density at radius 1 is 1.33 bits per heavy atom. The minimum Gasteiger partial charge on any atom is -0.449 e. The summed E-state index contributed by atoms with van der Waals surface area (Å²) < 4.78 is 30.4. The zero-order valence-electron chi connectivity index (χ0n) is 15.3. The molecule has 1 aromatic rings. The van der Waals surface area contributed by atoms with Crippen molar-refractivity contribution in [2.24, 2.45) is 0 Å². The molecule has 0 spiro atoms. The standard InChI is InChI=1S/C16H20ClN3O6S/c1-11(15(21)19(2)9-5-8-18)26-16(22)12-6-7-13(17)14(10-12)27(23,24)20(3)25-4/h6-7,10-11H,5,9H2,1-4H3/t11-/m1/s1. The lowest BCUT2D eigenvalue weighted by Gasteiger charge is -2.20. The molecule has 0 aromatic heterocycles. The van der Waals surface area contributed by atoms with Gasteiger partial charge in [0.1, 0.15) is 4.90 Å². The summed E-state index contributed by atoms with van der Waals surface area (Å²) in [6.45, 7) is 1.58. The number of halogens is 1. The monoisotopic (exact) mass is 417 g/mol. The number of amides is 1. The lowest BCUT2D eigenvalue weighted by atomic mass is 10.2. The number of likely N-dealkylation sites (N-methyl/N-ethyl adjacent to an activating group) is 1. The molecule has 1 rings (SSSR count). The van der Waals surface area contributed by atoms with Crippen molar-refractivity contribution in [2.75, 3.05) is 27.7 Å². The van der Waals surface area contributed by atoms with Crippen LogP contribution in [0.25, 0.3) is 0 Å². The van der Waals surface area contributed by atoms with E-state index in [4.69, 9.17) is 21.6 Å². The first-order valence-electron chi connectivity index (χ1n) is 7.71. The summed E-state index contributed by atoms with van der Waals surface area (Å²) in [6.07, 6.45) is -0.965. The van der Waals surface area contributed by atoms with E-state index in [1.807, 2.05) is 6.07 Å². The minimum absolute atomic E-state index is 0.0956. The van der Waals surface area contributed by atoms with Crippen LogP contribution in [0, 0.1) is 11.3 Å².